The fraction of sp³-hybridized carbons (Fsp3) is 0.435. The molecule has 6 heteroatoms. The van der Waals surface area contributed by atoms with Crippen LogP contribution in [-0.4, -0.2) is 58.6 Å². The minimum absolute atomic E-state index is 0.140. The molecule has 3 aromatic rings. The Kier molecular flexibility index (Phi) is 4.79. The molecule has 1 saturated heterocycles. The first-order chi connectivity index (χ1) is 14.2. The minimum atomic E-state index is 0.140. The average molecular weight is 390 g/mol. The number of aromatic nitrogens is 2. The van der Waals surface area contributed by atoms with Gasteiger partial charge in [-0.25, -0.2) is 0 Å². The highest BCUT2D eigenvalue weighted by Crippen LogP contribution is 2.32. The lowest BCUT2D eigenvalue weighted by Gasteiger charge is -2.34. The number of piperidine rings is 1. The number of benzene rings is 1. The van der Waals surface area contributed by atoms with Crippen molar-refractivity contribution in [3.8, 4) is 0 Å². The summed E-state index contributed by atoms with van der Waals surface area (Å²) in [6, 6.07) is 10.1. The number of hydrogen-bond acceptors (Lipinski definition) is 5. The molecule has 0 N–H and O–H groups in total. The van der Waals surface area contributed by atoms with E-state index in [2.05, 4.69) is 21.1 Å². The van der Waals surface area contributed by atoms with Gasteiger partial charge >= 0.3 is 0 Å². The zero-order valence-corrected chi connectivity index (χ0v) is 16.8. The third-order valence-corrected chi connectivity index (χ3v) is 6.44. The molecule has 0 radical (unpaired) electrons. The Morgan fingerprint density at radius 2 is 1.93 bits per heavy atom. The number of likely N-dealkylation sites (tertiary alicyclic amines) is 1. The van der Waals surface area contributed by atoms with Gasteiger partial charge in [-0.05, 0) is 63.0 Å². The molecule has 2 aliphatic heterocycles. The van der Waals surface area contributed by atoms with Crippen molar-refractivity contribution in [3.63, 3.8) is 0 Å². The van der Waals surface area contributed by atoms with Crippen LogP contribution < -0.4 is 0 Å². The number of hydrogen-bond donors (Lipinski definition) is 0. The fourth-order valence-corrected chi connectivity index (χ4v) is 4.74. The highest BCUT2D eigenvalue weighted by Gasteiger charge is 2.28. The number of para-hydroxylation sites is 1. The summed E-state index contributed by atoms with van der Waals surface area (Å²) in [5, 5.41) is 5.50. The van der Waals surface area contributed by atoms with Crippen LogP contribution in [0, 0.1) is 6.92 Å². The van der Waals surface area contributed by atoms with Gasteiger partial charge in [-0.15, -0.1) is 0 Å². The second-order valence-corrected chi connectivity index (χ2v) is 8.15. The molecule has 0 aliphatic carbocycles. The number of carbonyl (C=O) groups excluding carboxylic acids is 1. The van der Waals surface area contributed by atoms with Gasteiger partial charge in [0.2, 0.25) is 0 Å². The predicted octanol–water partition coefficient (Wildman–Crippen LogP) is 3.41. The Balaban J connectivity index is 1.18. The summed E-state index contributed by atoms with van der Waals surface area (Å²) >= 11 is 0. The molecule has 0 bridgehead atoms. The summed E-state index contributed by atoms with van der Waals surface area (Å²) < 4.78 is 5.49. The first-order valence-corrected chi connectivity index (χ1v) is 10.5. The molecule has 29 heavy (non-hydrogen) atoms. The van der Waals surface area contributed by atoms with Crippen molar-refractivity contribution in [1.82, 2.24) is 19.9 Å². The van der Waals surface area contributed by atoms with Crippen molar-refractivity contribution < 1.29 is 9.32 Å². The summed E-state index contributed by atoms with van der Waals surface area (Å²) in [5.74, 6) is 0.591. The molecule has 1 fully saturated rings. The molecule has 2 aliphatic rings. The van der Waals surface area contributed by atoms with E-state index in [0.717, 1.165) is 85.5 Å². The lowest BCUT2D eigenvalue weighted by Crippen LogP contribution is -2.44. The summed E-state index contributed by atoms with van der Waals surface area (Å²) in [4.78, 5) is 21.7. The van der Waals surface area contributed by atoms with E-state index in [1.807, 2.05) is 36.1 Å². The summed E-state index contributed by atoms with van der Waals surface area (Å²) in [7, 11) is 0. The summed E-state index contributed by atoms with van der Waals surface area (Å²) in [6.07, 6.45) is 4.89. The monoisotopic (exact) mass is 390 g/mol. The van der Waals surface area contributed by atoms with Gasteiger partial charge in [0, 0.05) is 37.1 Å². The Morgan fingerprint density at radius 1 is 1.10 bits per heavy atom. The molecule has 0 spiro atoms. The van der Waals surface area contributed by atoms with Crippen LogP contribution in [0.25, 0.3) is 11.0 Å². The summed E-state index contributed by atoms with van der Waals surface area (Å²) in [5.41, 5.74) is 4.78. The summed E-state index contributed by atoms with van der Waals surface area (Å²) in [6.45, 7) is 6.50. The maximum Gasteiger partial charge on any atom is 0.256 e. The Bertz CT molecular complexity index is 1040. The number of rotatable bonds is 4. The molecule has 4 heterocycles. The van der Waals surface area contributed by atoms with Crippen LogP contribution in [0.2, 0.25) is 0 Å². The molecule has 1 amide bonds. The standard InChI is InChI=1S/C23H26N4O2/c1-16-21-17(6-10-24-16)9-13-27(23(21)28)15-14-26-11-7-18(8-12-26)22-19-4-2-3-5-20(19)29-25-22/h2-6,10,18H,7-9,11-15H2,1H3. The first kappa shape index (κ1) is 18.3. The smallest absolute Gasteiger partial charge is 0.256 e. The second-order valence-electron chi connectivity index (χ2n) is 8.15. The number of aryl methyl sites for hydroxylation is 1. The quantitative estimate of drug-likeness (QED) is 0.683. The number of fused-ring (bicyclic) bond motifs is 2. The van der Waals surface area contributed by atoms with E-state index in [9.17, 15) is 4.79 Å². The Morgan fingerprint density at radius 3 is 2.79 bits per heavy atom. The van der Waals surface area contributed by atoms with Gasteiger partial charge in [-0.1, -0.05) is 17.3 Å². The van der Waals surface area contributed by atoms with E-state index >= 15 is 0 Å². The van der Waals surface area contributed by atoms with Crippen LogP contribution in [0.4, 0.5) is 0 Å². The molecular formula is C23H26N4O2. The van der Waals surface area contributed by atoms with E-state index in [1.54, 1.807) is 6.20 Å². The second kappa shape index (κ2) is 7.59. The zero-order valence-electron chi connectivity index (χ0n) is 16.8. The van der Waals surface area contributed by atoms with E-state index in [4.69, 9.17) is 4.52 Å². The van der Waals surface area contributed by atoms with Crippen molar-refractivity contribution in [2.45, 2.75) is 32.1 Å². The lowest BCUT2D eigenvalue weighted by molar-refractivity contribution is 0.0709. The number of pyridine rings is 1. The topological polar surface area (TPSA) is 62.5 Å². The number of carbonyl (C=O) groups is 1. The number of amides is 1. The molecule has 150 valence electrons. The van der Waals surface area contributed by atoms with Gasteiger partial charge < -0.3 is 14.3 Å². The van der Waals surface area contributed by atoms with Crippen molar-refractivity contribution in [1.29, 1.82) is 0 Å². The SMILES string of the molecule is Cc1nccc2c1C(=O)N(CCN1CCC(c3noc4ccccc34)CC1)CC2. The average Bonchev–Trinajstić information content (AvgIpc) is 3.18. The fourth-order valence-electron chi connectivity index (χ4n) is 4.74. The van der Waals surface area contributed by atoms with E-state index < -0.39 is 0 Å². The van der Waals surface area contributed by atoms with Gasteiger partial charge in [0.05, 0.1) is 17.0 Å². The van der Waals surface area contributed by atoms with E-state index in [1.165, 1.54) is 0 Å². The highest BCUT2D eigenvalue weighted by atomic mass is 16.5. The van der Waals surface area contributed by atoms with Crippen LogP contribution in [0.3, 0.4) is 0 Å². The zero-order chi connectivity index (χ0) is 19.8. The van der Waals surface area contributed by atoms with Crippen LogP contribution in [0.5, 0.6) is 0 Å². The third-order valence-electron chi connectivity index (χ3n) is 6.44. The molecule has 0 atom stereocenters. The molecule has 5 rings (SSSR count). The maximum atomic E-state index is 12.9. The van der Waals surface area contributed by atoms with Crippen LogP contribution in [0.1, 0.15) is 46.1 Å². The predicted molar refractivity (Wildman–Crippen MR) is 111 cm³/mol. The highest BCUT2D eigenvalue weighted by molar-refractivity contribution is 5.97. The van der Waals surface area contributed by atoms with Crippen molar-refractivity contribution >= 4 is 16.9 Å². The molecule has 1 aromatic carbocycles. The minimum Gasteiger partial charge on any atom is -0.356 e. The maximum absolute atomic E-state index is 12.9. The normalized spacial score (nSPS) is 18.4. The Hall–Kier alpha value is -2.73. The van der Waals surface area contributed by atoms with E-state index in [-0.39, 0.29) is 5.91 Å². The van der Waals surface area contributed by atoms with Gasteiger partial charge in [-0.3, -0.25) is 9.78 Å². The van der Waals surface area contributed by atoms with Gasteiger partial charge in [0.15, 0.2) is 5.58 Å². The van der Waals surface area contributed by atoms with Gasteiger partial charge in [-0.2, -0.15) is 0 Å². The molecule has 0 saturated carbocycles. The first-order valence-electron chi connectivity index (χ1n) is 10.5. The Labute approximate surface area is 170 Å². The lowest BCUT2D eigenvalue weighted by atomic mass is 9.91. The molecular weight excluding hydrogens is 364 g/mol. The van der Waals surface area contributed by atoms with Gasteiger partial charge in [0.1, 0.15) is 0 Å². The van der Waals surface area contributed by atoms with Crippen molar-refractivity contribution in [2.24, 2.45) is 0 Å². The largest absolute Gasteiger partial charge is 0.356 e. The molecule has 0 unspecified atom stereocenters. The van der Waals surface area contributed by atoms with Crippen LogP contribution >= 0.6 is 0 Å². The van der Waals surface area contributed by atoms with Crippen molar-refractivity contribution in [2.75, 3.05) is 32.7 Å². The van der Waals surface area contributed by atoms with Crippen molar-refractivity contribution in [3.05, 3.63) is 59.0 Å². The number of nitrogens with zero attached hydrogens (tertiary/aromatic N) is 4. The molecule has 2 aromatic heterocycles. The third kappa shape index (κ3) is 3.42. The molecule has 6 nitrogen and oxygen atoms in total. The van der Waals surface area contributed by atoms with Gasteiger partial charge in [0.25, 0.3) is 5.91 Å². The van der Waals surface area contributed by atoms with E-state index in [0.29, 0.717) is 5.92 Å². The van der Waals surface area contributed by atoms with Crippen LogP contribution in [0.15, 0.2) is 41.1 Å². The van der Waals surface area contributed by atoms with Crippen LogP contribution in [-0.2, 0) is 6.42 Å².